The van der Waals surface area contributed by atoms with Gasteiger partial charge in [0.25, 0.3) is 0 Å². The molecule has 0 aliphatic carbocycles. The average Bonchev–Trinajstić information content (AvgIpc) is 2.87. The van der Waals surface area contributed by atoms with Crippen LogP contribution in [0, 0.1) is 5.92 Å². The number of benzene rings is 1. The van der Waals surface area contributed by atoms with Gasteiger partial charge in [-0.25, -0.2) is 13.4 Å². The van der Waals surface area contributed by atoms with Crippen molar-refractivity contribution in [3.05, 3.63) is 52.6 Å². The average molecular weight is 451 g/mol. The lowest BCUT2D eigenvalue weighted by molar-refractivity contribution is 0.102. The molecule has 5 nitrogen and oxygen atoms in total. The highest BCUT2D eigenvalue weighted by atomic mass is 79.9. The minimum atomic E-state index is -3.71. The van der Waals surface area contributed by atoms with E-state index < -0.39 is 21.4 Å². The number of nitrogens with zero attached hydrogens (tertiary/aromatic N) is 2. The first-order valence-electron chi connectivity index (χ1n) is 8.85. The van der Waals surface area contributed by atoms with Crippen molar-refractivity contribution in [1.82, 2.24) is 4.98 Å². The van der Waals surface area contributed by atoms with Crippen LogP contribution in [0.15, 0.2) is 52.0 Å². The van der Waals surface area contributed by atoms with Crippen LogP contribution < -0.4 is 4.90 Å². The summed E-state index contributed by atoms with van der Waals surface area (Å²) in [7, 11) is -3.71. The molecule has 0 bridgehead atoms. The number of carbonyl (C=O) groups is 1. The van der Waals surface area contributed by atoms with E-state index >= 15 is 0 Å². The quantitative estimate of drug-likeness (QED) is 0.505. The summed E-state index contributed by atoms with van der Waals surface area (Å²) in [5.41, 5.74) is 0.195. The maximum Gasteiger partial charge on any atom is 0.185 e. The van der Waals surface area contributed by atoms with Crippen molar-refractivity contribution in [3.8, 4) is 0 Å². The molecule has 1 fully saturated rings. The molecule has 1 saturated heterocycles. The summed E-state index contributed by atoms with van der Waals surface area (Å²) in [6, 6.07) is 11.4. The Morgan fingerprint density at radius 3 is 2.48 bits per heavy atom. The number of aromatic nitrogens is 1. The SMILES string of the molecule is C[C@@H]1CN(c2nc(Br)ccc2C(=O)CS(=O)(=O)c2ccccc2)C(C)(C)C1. The molecule has 0 saturated carbocycles. The lowest BCUT2D eigenvalue weighted by atomic mass is 9.97. The van der Waals surface area contributed by atoms with Crippen molar-refractivity contribution >= 4 is 37.4 Å². The van der Waals surface area contributed by atoms with E-state index in [1.165, 1.54) is 12.1 Å². The Labute approximate surface area is 168 Å². The lowest BCUT2D eigenvalue weighted by Gasteiger charge is -2.33. The predicted molar refractivity (Wildman–Crippen MR) is 110 cm³/mol. The van der Waals surface area contributed by atoms with Crippen molar-refractivity contribution in [1.29, 1.82) is 0 Å². The van der Waals surface area contributed by atoms with Gasteiger partial charge in [-0.15, -0.1) is 0 Å². The maximum absolute atomic E-state index is 13.0. The third-order valence-corrected chi connectivity index (χ3v) is 6.97. The number of hydrogen-bond acceptors (Lipinski definition) is 5. The Morgan fingerprint density at radius 1 is 1.22 bits per heavy atom. The van der Waals surface area contributed by atoms with Crippen LogP contribution in [-0.4, -0.2) is 37.0 Å². The van der Waals surface area contributed by atoms with Gasteiger partial charge >= 0.3 is 0 Å². The molecule has 1 aliphatic rings. The zero-order valence-electron chi connectivity index (χ0n) is 15.6. The van der Waals surface area contributed by atoms with E-state index in [9.17, 15) is 13.2 Å². The third kappa shape index (κ3) is 4.24. The number of halogens is 1. The van der Waals surface area contributed by atoms with Gasteiger partial charge in [-0.2, -0.15) is 0 Å². The van der Waals surface area contributed by atoms with Gasteiger partial charge in [-0.3, -0.25) is 4.79 Å². The first kappa shape index (κ1) is 20.0. The number of pyridine rings is 1. The Balaban J connectivity index is 1.97. The van der Waals surface area contributed by atoms with E-state index in [1.807, 2.05) is 0 Å². The van der Waals surface area contributed by atoms with E-state index in [1.54, 1.807) is 30.3 Å². The van der Waals surface area contributed by atoms with Gasteiger partial charge in [-0.1, -0.05) is 25.1 Å². The Kier molecular flexibility index (Phi) is 5.45. The fourth-order valence-electron chi connectivity index (χ4n) is 3.77. The molecule has 7 heteroatoms. The smallest absolute Gasteiger partial charge is 0.185 e. The number of hydrogen-bond donors (Lipinski definition) is 0. The summed E-state index contributed by atoms with van der Waals surface area (Å²) in [5, 5.41) is 0. The maximum atomic E-state index is 13.0. The minimum absolute atomic E-state index is 0.152. The Morgan fingerprint density at radius 2 is 1.89 bits per heavy atom. The van der Waals surface area contributed by atoms with E-state index in [-0.39, 0.29) is 10.4 Å². The molecule has 0 radical (unpaired) electrons. The molecule has 1 aromatic heterocycles. The van der Waals surface area contributed by atoms with Crippen molar-refractivity contribution in [2.24, 2.45) is 5.92 Å². The molecular formula is C20H23BrN2O3S. The van der Waals surface area contributed by atoms with Crippen molar-refractivity contribution in [2.45, 2.75) is 37.6 Å². The third-order valence-electron chi connectivity index (χ3n) is 4.89. The highest BCUT2D eigenvalue weighted by Crippen LogP contribution is 2.38. The molecule has 0 amide bonds. The van der Waals surface area contributed by atoms with Crippen LogP contribution in [0.2, 0.25) is 0 Å². The molecule has 27 heavy (non-hydrogen) atoms. The largest absolute Gasteiger partial charge is 0.351 e. The second kappa shape index (κ2) is 7.36. The lowest BCUT2D eigenvalue weighted by Crippen LogP contribution is -2.40. The molecule has 0 unspecified atom stereocenters. The second-order valence-corrected chi connectivity index (χ2v) is 10.5. The van der Waals surface area contributed by atoms with Gasteiger partial charge in [0.15, 0.2) is 15.6 Å². The Bertz CT molecular complexity index is 958. The van der Waals surface area contributed by atoms with Crippen LogP contribution in [0.5, 0.6) is 0 Å². The highest BCUT2D eigenvalue weighted by Gasteiger charge is 2.39. The van der Waals surface area contributed by atoms with Gasteiger partial charge in [0.05, 0.1) is 10.5 Å². The van der Waals surface area contributed by atoms with Gasteiger partial charge < -0.3 is 4.90 Å². The second-order valence-electron chi connectivity index (χ2n) is 7.73. The molecule has 3 rings (SSSR count). The Hall–Kier alpha value is -1.73. The van der Waals surface area contributed by atoms with Gasteiger partial charge in [0, 0.05) is 12.1 Å². The zero-order valence-corrected chi connectivity index (χ0v) is 18.0. The minimum Gasteiger partial charge on any atom is -0.351 e. The number of carbonyl (C=O) groups excluding carboxylic acids is 1. The van der Waals surface area contributed by atoms with Crippen LogP contribution in [0.1, 0.15) is 37.6 Å². The van der Waals surface area contributed by atoms with E-state index in [4.69, 9.17) is 0 Å². The van der Waals surface area contributed by atoms with Crippen molar-refractivity contribution < 1.29 is 13.2 Å². The first-order valence-corrected chi connectivity index (χ1v) is 11.3. The number of Topliss-reactive ketones (excluding diaryl/α,β-unsaturated/α-hetero) is 1. The number of anilines is 1. The highest BCUT2D eigenvalue weighted by molar-refractivity contribution is 9.10. The van der Waals surface area contributed by atoms with Gasteiger partial charge in [0.2, 0.25) is 0 Å². The molecule has 144 valence electrons. The molecule has 1 aliphatic heterocycles. The fraction of sp³-hybridized carbons (Fsp3) is 0.400. The number of ketones is 1. The van der Waals surface area contributed by atoms with Gasteiger partial charge in [0.1, 0.15) is 16.2 Å². The van der Waals surface area contributed by atoms with Crippen LogP contribution in [0.4, 0.5) is 5.82 Å². The van der Waals surface area contributed by atoms with Crippen molar-refractivity contribution in [3.63, 3.8) is 0 Å². The summed E-state index contributed by atoms with van der Waals surface area (Å²) < 4.78 is 25.9. The summed E-state index contributed by atoms with van der Waals surface area (Å²) in [5.74, 6) is 0.00456. The summed E-state index contributed by atoms with van der Waals surface area (Å²) in [6.45, 7) is 7.19. The monoisotopic (exact) mass is 450 g/mol. The van der Waals surface area contributed by atoms with E-state index in [0.29, 0.717) is 21.9 Å². The topological polar surface area (TPSA) is 67.3 Å². The standard InChI is InChI=1S/C20H23BrN2O3S/c1-14-11-20(2,3)23(12-14)19-16(9-10-18(21)22-19)17(24)13-27(25,26)15-7-5-4-6-8-15/h4-10,14H,11-13H2,1-3H3/t14-/m0/s1. The number of sulfone groups is 1. The molecule has 1 aromatic carbocycles. The summed E-state index contributed by atoms with van der Waals surface area (Å²) in [6.07, 6.45) is 0.983. The fourth-order valence-corrected chi connectivity index (χ4v) is 5.31. The molecular weight excluding hydrogens is 428 g/mol. The van der Waals surface area contributed by atoms with E-state index in [0.717, 1.165) is 13.0 Å². The normalized spacial score (nSPS) is 19.3. The van der Waals surface area contributed by atoms with Gasteiger partial charge in [-0.05, 0) is 66.4 Å². The van der Waals surface area contributed by atoms with Crippen LogP contribution in [0.3, 0.4) is 0 Å². The predicted octanol–water partition coefficient (Wildman–Crippen LogP) is 4.13. The van der Waals surface area contributed by atoms with E-state index in [2.05, 4.69) is 46.6 Å². The molecule has 2 heterocycles. The number of rotatable bonds is 5. The molecule has 1 atom stereocenters. The summed E-state index contributed by atoms with van der Waals surface area (Å²) >= 11 is 3.38. The molecule has 0 spiro atoms. The summed E-state index contributed by atoms with van der Waals surface area (Å²) in [4.78, 5) is 19.8. The molecule has 2 aromatic rings. The first-order chi connectivity index (χ1) is 12.6. The van der Waals surface area contributed by atoms with Crippen LogP contribution >= 0.6 is 15.9 Å². The zero-order chi connectivity index (χ0) is 19.8. The van der Waals surface area contributed by atoms with Crippen LogP contribution in [-0.2, 0) is 9.84 Å². The molecule has 0 N–H and O–H groups in total. The van der Waals surface area contributed by atoms with Crippen molar-refractivity contribution in [2.75, 3.05) is 17.2 Å². The van der Waals surface area contributed by atoms with Crippen LogP contribution in [0.25, 0.3) is 0 Å².